The summed E-state index contributed by atoms with van der Waals surface area (Å²) in [6, 6.07) is 11.3. The van der Waals surface area contributed by atoms with E-state index in [2.05, 4.69) is 5.32 Å². The van der Waals surface area contributed by atoms with E-state index in [-0.39, 0.29) is 11.7 Å². The van der Waals surface area contributed by atoms with Crippen LogP contribution in [0.4, 0.5) is 4.39 Å². The quantitative estimate of drug-likeness (QED) is 0.802. The van der Waals surface area contributed by atoms with Crippen molar-refractivity contribution in [2.75, 3.05) is 13.2 Å². The molecular formula is C19H22FNO3. The summed E-state index contributed by atoms with van der Waals surface area (Å²) in [7, 11) is 0. The molecule has 0 radical (unpaired) electrons. The molecule has 128 valence electrons. The van der Waals surface area contributed by atoms with Crippen LogP contribution in [0.3, 0.4) is 0 Å². The molecule has 2 rings (SSSR count). The summed E-state index contributed by atoms with van der Waals surface area (Å²) in [6.07, 6.45) is 0. The molecule has 0 aromatic heterocycles. The minimum Gasteiger partial charge on any atom is -0.494 e. The summed E-state index contributed by atoms with van der Waals surface area (Å²) in [6.45, 7) is 5.70. The van der Waals surface area contributed by atoms with E-state index in [1.54, 1.807) is 30.3 Å². The van der Waals surface area contributed by atoms with Gasteiger partial charge in [0.25, 0.3) is 5.91 Å². The Morgan fingerprint density at radius 3 is 2.50 bits per heavy atom. The highest BCUT2D eigenvalue weighted by Gasteiger charge is 2.11. The summed E-state index contributed by atoms with van der Waals surface area (Å²) in [4.78, 5) is 12.3. The molecule has 0 bridgehead atoms. The van der Waals surface area contributed by atoms with Gasteiger partial charge in [-0.05, 0) is 49.7 Å². The highest BCUT2D eigenvalue weighted by molar-refractivity contribution is 5.94. The van der Waals surface area contributed by atoms with Crippen molar-refractivity contribution in [3.05, 3.63) is 65.0 Å². The zero-order valence-electron chi connectivity index (χ0n) is 14.0. The molecular weight excluding hydrogens is 309 g/mol. The largest absolute Gasteiger partial charge is 0.494 e. The molecule has 4 nitrogen and oxygen atoms in total. The molecule has 0 atom stereocenters. The maximum Gasteiger partial charge on any atom is 0.251 e. The third kappa shape index (κ3) is 5.06. The van der Waals surface area contributed by atoms with Crippen LogP contribution in [-0.4, -0.2) is 19.1 Å². The first-order valence-corrected chi connectivity index (χ1v) is 8.00. The van der Waals surface area contributed by atoms with Crippen LogP contribution in [0.25, 0.3) is 0 Å². The molecule has 2 aromatic carbocycles. The number of benzene rings is 2. The molecule has 0 heterocycles. The van der Waals surface area contributed by atoms with Gasteiger partial charge in [0, 0.05) is 24.3 Å². The van der Waals surface area contributed by atoms with Crippen LogP contribution in [0.5, 0.6) is 5.75 Å². The third-order valence-corrected chi connectivity index (χ3v) is 3.45. The molecule has 5 heteroatoms. The molecule has 1 amide bonds. The van der Waals surface area contributed by atoms with Crippen molar-refractivity contribution >= 4 is 5.91 Å². The number of carbonyl (C=O) groups is 1. The Kier molecular flexibility index (Phi) is 6.75. The summed E-state index contributed by atoms with van der Waals surface area (Å²) >= 11 is 0. The topological polar surface area (TPSA) is 47.6 Å². The van der Waals surface area contributed by atoms with Crippen LogP contribution in [0.2, 0.25) is 0 Å². The standard InChI is InChI=1S/C19H22FNO3/c1-3-23-13-16-11-15(7-10-18(16)24-4-2)19(22)21-12-14-5-8-17(20)9-6-14/h5-11H,3-4,12-13H2,1-2H3,(H,21,22). The number of hydrogen-bond donors (Lipinski definition) is 1. The second kappa shape index (κ2) is 9.03. The lowest BCUT2D eigenvalue weighted by Gasteiger charge is -2.12. The number of carbonyl (C=O) groups excluding carboxylic acids is 1. The van der Waals surface area contributed by atoms with Crippen molar-refractivity contribution in [1.29, 1.82) is 0 Å². The van der Waals surface area contributed by atoms with Crippen molar-refractivity contribution in [2.45, 2.75) is 27.0 Å². The van der Waals surface area contributed by atoms with Gasteiger partial charge in [-0.15, -0.1) is 0 Å². The molecule has 0 fully saturated rings. The lowest BCUT2D eigenvalue weighted by atomic mass is 10.1. The Bertz CT molecular complexity index is 671. The molecule has 0 unspecified atom stereocenters. The highest BCUT2D eigenvalue weighted by atomic mass is 19.1. The SMILES string of the molecule is CCOCc1cc(C(=O)NCc2ccc(F)cc2)ccc1OCC. The number of ether oxygens (including phenoxy) is 2. The second-order valence-electron chi connectivity index (χ2n) is 5.20. The van der Waals surface area contributed by atoms with Crippen LogP contribution in [0.1, 0.15) is 35.3 Å². The van der Waals surface area contributed by atoms with Gasteiger partial charge in [-0.3, -0.25) is 4.79 Å². The van der Waals surface area contributed by atoms with Gasteiger partial charge in [0.05, 0.1) is 13.2 Å². The smallest absolute Gasteiger partial charge is 0.251 e. The van der Waals surface area contributed by atoms with Gasteiger partial charge in [-0.1, -0.05) is 12.1 Å². The number of rotatable bonds is 8. The Morgan fingerprint density at radius 1 is 1.08 bits per heavy atom. The zero-order valence-corrected chi connectivity index (χ0v) is 14.0. The lowest BCUT2D eigenvalue weighted by molar-refractivity contribution is 0.0950. The third-order valence-electron chi connectivity index (χ3n) is 3.45. The Hall–Kier alpha value is -2.40. The number of halogens is 1. The number of nitrogens with one attached hydrogen (secondary N) is 1. The van der Waals surface area contributed by atoms with Gasteiger partial charge < -0.3 is 14.8 Å². The molecule has 0 aliphatic rings. The molecule has 0 aliphatic heterocycles. The number of hydrogen-bond acceptors (Lipinski definition) is 3. The van der Waals surface area contributed by atoms with E-state index in [0.717, 1.165) is 16.9 Å². The van der Waals surface area contributed by atoms with E-state index >= 15 is 0 Å². The van der Waals surface area contributed by atoms with Crippen LogP contribution in [0.15, 0.2) is 42.5 Å². The minimum atomic E-state index is -0.294. The Labute approximate surface area is 141 Å². The first kappa shape index (κ1) is 17.9. The van der Waals surface area contributed by atoms with Crippen molar-refractivity contribution in [1.82, 2.24) is 5.32 Å². The zero-order chi connectivity index (χ0) is 17.4. The molecule has 0 spiro atoms. The normalized spacial score (nSPS) is 10.5. The first-order valence-electron chi connectivity index (χ1n) is 8.00. The Balaban J connectivity index is 2.06. The number of amides is 1. The van der Waals surface area contributed by atoms with Gasteiger partial charge in [-0.25, -0.2) is 4.39 Å². The van der Waals surface area contributed by atoms with Gasteiger partial charge in [0.2, 0.25) is 0 Å². The molecule has 2 aromatic rings. The van der Waals surface area contributed by atoms with Crippen molar-refractivity contribution in [3.8, 4) is 5.75 Å². The van der Waals surface area contributed by atoms with Crippen molar-refractivity contribution in [2.24, 2.45) is 0 Å². The van der Waals surface area contributed by atoms with Crippen LogP contribution < -0.4 is 10.1 Å². The van der Waals surface area contributed by atoms with Gasteiger partial charge in [-0.2, -0.15) is 0 Å². The highest BCUT2D eigenvalue weighted by Crippen LogP contribution is 2.21. The van der Waals surface area contributed by atoms with E-state index in [9.17, 15) is 9.18 Å². The fourth-order valence-electron chi connectivity index (χ4n) is 2.23. The van der Waals surface area contributed by atoms with E-state index in [0.29, 0.717) is 31.9 Å². The average molecular weight is 331 g/mol. The molecule has 0 saturated carbocycles. The van der Waals surface area contributed by atoms with Gasteiger partial charge >= 0.3 is 0 Å². The average Bonchev–Trinajstić information content (AvgIpc) is 2.60. The van der Waals surface area contributed by atoms with Crippen molar-refractivity contribution in [3.63, 3.8) is 0 Å². The predicted octanol–water partition coefficient (Wildman–Crippen LogP) is 3.69. The van der Waals surface area contributed by atoms with Gasteiger partial charge in [0.15, 0.2) is 0 Å². The molecule has 0 aliphatic carbocycles. The maximum absolute atomic E-state index is 12.9. The van der Waals surface area contributed by atoms with E-state index in [4.69, 9.17) is 9.47 Å². The fourth-order valence-corrected chi connectivity index (χ4v) is 2.23. The molecule has 24 heavy (non-hydrogen) atoms. The minimum absolute atomic E-state index is 0.194. The lowest BCUT2D eigenvalue weighted by Crippen LogP contribution is -2.23. The second-order valence-corrected chi connectivity index (χ2v) is 5.20. The van der Waals surface area contributed by atoms with Crippen LogP contribution in [0, 0.1) is 5.82 Å². The Morgan fingerprint density at radius 2 is 1.83 bits per heavy atom. The van der Waals surface area contributed by atoms with Crippen molar-refractivity contribution < 1.29 is 18.7 Å². The van der Waals surface area contributed by atoms with Gasteiger partial charge in [0.1, 0.15) is 11.6 Å². The maximum atomic E-state index is 12.9. The first-order chi connectivity index (χ1) is 11.6. The van der Waals surface area contributed by atoms with E-state index < -0.39 is 0 Å². The summed E-state index contributed by atoms with van der Waals surface area (Å²) in [5.41, 5.74) is 2.22. The summed E-state index contributed by atoms with van der Waals surface area (Å²) < 4.78 is 23.9. The van der Waals surface area contributed by atoms with E-state index in [1.165, 1.54) is 12.1 Å². The van der Waals surface area contributed by atoms with Crippen LogP contribution >= 0.6 is 0 Å². The van der Waals surface area contributed by atoms with Crippen LogP contribution in [-0.2, 0) is 17.9 Å². The predicted molar refractivity (Wildman–Crippen MR) is 90.5 cm³/mol. The fraction of sp³-hybridized carbons (Fsp3) is 0.316. The molecule has 0 saturated heterocycles. The monoisotopic (exact) mass is 331 g/mol. The molecule has 1 N–H and O–H groups in total. The summed E-state index contributed by atoms with van der Waals surface area (Å²) in [5.74, 6) is 0.235. The summed E-state index contributed by atoms with van der Waals surface area (Å²) in [5, 5.41) is 2.83. The van der Waals surface area contributed by atoms with E-state index in [1.807, 2.05) is 13.8 Å².